The van der Waals surface area contributed by atoms with Crippen LogP contribution in [0.3, 0.4) is 0 Å². The van der Waals surface area contributed by atoms with E-state index >= 15 is 0 Å². The fourth-order valence-electron chi connectivity index (χ4n) is 13.6. The standard InChI is InChI=1S/C87H170O17P2/c1-6-9-12-15-18-21-24-26-28-30-32-33-35-37-39-41-47-52-57-62-67-72-86(91)103-83(77-98-85(90)71-66-61-56-51-46-40-38-36-34-31-29-27-25-22-19-16-13-10-7-2)79-102-106(95,96)100-75-81(88)74-99-105(93,94)101-78-82(76-97-84(89)70-65-60-55-50-44-23-20-17-14-11-8-3)104-87(92)73-68-63-58-53-48-43-42-45-49-54-59-64-69-80(4)5/h80-83,88H,6-79H2,1-5H3,(H,93,94)(H,95,96)/t81-,82+,83+/m0/s1. The molecular formula is C87H170O17P2. The van der Waals surface area contributed by atoms with Gasteiger partial charge in [0.05, 0.1) is 26.4 Å². The molecule has 0 aromatic rings. The number of hydrogen-bond donors (Lipinski definition) is 3. The molecule has 0 saturated heterocycles. The van der Waals surface area contributed by atoms with Gasteiger partial charge < -0.3 is 33.8 Å². The molecule has 17 nitrogen and oxygen atoms in total. The van der Waals surface area contributed by atoms with Gasteiger partial charge in [0.25, 0.3) is 0 Å². The topological polar surface area (TPSA) is 237 Å². The lowest BCUT2D eigenvalue weighted by atomic mass is 10.0. The van der Waals surface area contributed by atoms with E-state index in [-0.39, 0.29) is 25.7 Å². The number of ether oxygens (including phenoxy) is 4. The van der Waals surface area contributed by atoms with Gasteiger partial charge in [0.2, 0.25) is 0 Å². The number of aliphatic hydroxyl groups is 1. The first-order valence-electron chi connectivity index (χ1n) is 45.1. The fourth-order valence-corrected chi connectivity index (χ4v) is 15.2. The highest BCUT2D eigenvalue weighted by Gasteiger charge is 2.30. The van der Waals surface area contributed by atoms with Crippen LogP contribution in [0.25, 0.3) is 0 Å². The van der Waals surface area contributed by atoms with Crippen LogP contribution < -0.4 is 0 Å². The van der Waals surface area contributed by atoms with Crippen LogP contribution in [0.5, 0.6) is 0 Å². The molecule has 0 spiro atoms. The van der Waals surface area contributed by atoms with E-state index in [4.69, 9.17) is 37.0 Å². The molecule has 0 aliphatic rings. The third-order valence-corrected chi connectivity index (χ3v) is 22.4. The van der Waals surface area contributed by atoms with Gasteiger partial charge >= 0.3 is 39.5 Å². The van der Waals surface area contributed by atoms with Crippen molar-refractivity contribution >= 4 is 39.5 Å². The summed E-state index contributed by atoms with van der Waals surface area (Å²) in [6.45, 7) is 7.37. The molecule has 0 saturated carbocycles. The van der Waals surface area contributed by atoms with Crippen molar-refractivity contribution in [3.63, 3.8) is 0 Å². The number of aliphatic hydroxyl groups excluding tert-OH is 1. The molecule has 0 bridgehead atoms. The maximum Gasteiger partial charge on any atom is 0.472 e. The normalized spacial score (nSPS) is 13.7. The summed E-state index contributed by atoms with van der Waals surface area (Å²) in [5, 5.41) is 10.7. The first-order valence-corrected chi connectivity index (χ1v) is 48.1. The number of phosphoric ester groups is 2. The molecule has 5 atom stereocenters. The smallest absolute Gasteiger partial charge is 0.462 e. The molecule has 2 unspecified atom stereocenters. The molecule has 0 amide bonds. The van der Waals surface area contributed by atoms with E-state index in [9.17, 15) is 43.2 Å². The van der Waals surface area contributed by atoms with Crippen LogP contribution in [-0.2, 0) is 65.4 Å². The van der Waals surface area contributed by atoms with Gasteiger partial charge in [-0.25, -0.2) is 9.13 Å². The molecule has 19 heteroatoms. The molecular weight excluding hydrogens is 1380 g/mol. The number of hydrogen-bond acceptors (Lipinski definition) is 15. The molecule has 0 aromatic carbocycles. The lowest BCUT2D eigenvalue weighted by molar-refractivity contribution is -0.161. The molecule has 0 aliphatic carbocycles. The Kier molecular flexibility index (Phi) is 78.2. The third kappa shape index (κ3) is 80.1. The van der Waals surface area contributed by atoms with Crippen LogP contribution in [-0.4, -0.2) is 96.7 Å². The first-order chi connectivity index (χ1) is 51.5. The predicted octanol–water partition coefficient (Wildman–Crippen LogP) is 26.8. The van der Waals surface area contributed by atoms with Gasteiger partial charge in [-0.3, -0.25) is 37.3 Å². The van der Waals surface area contributed by atoms with Crippen LogP contribution in [0.4, 0.5) is 0 Å². The minimum atomic E-state index is -4.97. The van der Waals surface area contributed by atoms with Gasteiger partial charge in [-0.2, -0.15) is 0 Å². The Morgan fingerprint density at radius 1 is 0.255 bits per heavy atom. The zero-order chi connectivity index (χ0) is 77.6. The van der Waals surface area contributed by atoms with Crippen molar-refractivity contribution in [1.82, 2.24) is 0 Å². The molecule has 0 radical (unpaired) electrons. The van der Waals surface area contributed by atoms with Gasteiger partial charge in [-0.05, 0) is 31.6 Å². The van der Waals surface area contributed by atoms with Gasteiger partial charge in [0, 0.05) is 25.7 Å². The Morgan fingerprint density at radius 2 is 0.434 bits per heavy atom. The fraction of sp³-hybridized carbons (Fsp3) is 0.954. The van der Waals surface area contributed by atoms with Gasteiger partial charge in [0.1, 0.15) is 19.3 Å². The minimum absolute atomic E-state index is 0.108. The molecule has 3 N–H and O–H groups in total. The molecule has 0 fully saturated rings. The quantitative estimate of drug-likeness (QED) is 0.0222. The number of phosphoric acid groups is 2. The SMILES string of the molecule is CCCCCCCCCCCCCCCCCCCCCCCC(=O)O[C@H](COC(=O)CCCCCCCCCCCCCCCCCCCCC)COP(=O)(O)OC[C@@H](O)COP(=O)(O)OC[C@@H](COC(=O)CCCCCCCCCCCCC)OC(=O)CCCCCCCCCCCCCCC(C)C. The summed E-state index contributed by atoms with van der Waals surface area (Å²) in [5.74, 6) is -1.32. The number of rotatable bonds is 87. The van der Waals surface area contributed by atoms with Crippen LogP contribution in [0.1, 0.15) is 471 Å². The average Bonchev–Trinajstić information content (AvgIpc) is 0.905. The highest BCUT2D eigenvalue weighted by molar-refractivity contribution is 7.47. The Hall–Kier alpha value is -1.94. The van der Waals surface area contributed by atoms with Crippen LogP contribution in [0.2, 0.25) is 0 Å². The van der Waals surface area contributed by atoms with Gasteiger partial charge in [-0.15, -0.1) is 0 Å². The minimum Gasteiger partial charge on any atom is -0.462 e. The van der Waals surface area contributed by atoms with E-state index in [1.54, 1.807) is 0 Å². The molecule has 0 rings (SSSR count). The number of esters is 4. The van der Waals surface area contributed by atoms with Crippen molar-refractivity contribution in [2.75, 3.05) is 39.6 Å². The summed E-state index contributed by atoms with van der Waals surface area (Å²) in [5.41, 5.74) is 0. The largest absolute Gasteiger partial charge is 0.472 e. The second-order valence-electron chi connectivity index (χ2n) is 31.8. The Labute approximate surface area is 651 Å². The van der Waals surface area contributed by atoms with Crippen LogP contribution >= 0.6 is 15.6 Å². The molecule has 106 heavy (non-hydrogen) atoms. The number of carbonyl (C=O) groups is 4. The summed E-state index contributed by atoms with van der Waals surface area (Å²) in [4.78, 5) is 73.3. The second kappa shape index (κ2) is 79.7. The molecule has 0 aromatic heterocycles. The highest BCUT2D eigenvalue weighted by Crippen LogP contribution is 2.45. The van der Waals surface area contributed by atoms with E-state index in [1.165, 1.54) is 295 Å². The Bertz CT molecular complexity index is 2010. The van der Waals surface area contributed by atoms with Crippen LogP contribution in [0, 0.1) is 5.92 Å². The molecule has 0 aliphatic heterocycles. The maximum absolute atomic E-state index is 13.2. The monoisotopic (exact) mass is 1550 g/mol. The molecule has 630 valence electrons. The summed E-state index contributed by atoms with van der Waals surface area (Å²) >= 11 is 0. The van der Waals surface area contributed by atoms with Crippen molar-refractivity contribution < 1.29 is 80.2 Å². The summed E-state index contributed by atoms with van der Waals surface area (Å²) in [6, 6.07) is 0. The van der Waals surface area contributed by atoms with Crippen molar-refractivity contribution in [2.24, 2.45) is 5.92 Å². The van der Waals surface area contributed by atoms with E-state index < -0.39 is 97.5 Å². The summed E-state index contributed by atoms with van der Waals surface area (Å²) in [7, 11) is -9.93. The van der Waals surface area contributed by atoms with Gasteiger partial charge in [-0.1, -0.05) is 420 Å². The van der Waals surface area contributed by atoms with Crippen molar-refractivity contribution in [2.45, 2.75) is 490 Å². The lowest BCUT2D eigenvalue weighted by Gasteiger charge is -2.21. The molecule has 0 heterocycles. The van der Waals surface area contributed by atoms with Gasteiger partial charge in [0.15, 0.2) is 12.2 Å². The maximum atomic E-state index is 13.2. The van der Waals surface area contributed by atoms with Crippen molar-refractivity contribution in [3.8, 4) is 0 Å². The first kappa shape index (κ1) is 104. The van der Waals surface area contributed by atoms with Crippen molar-refractivity contribution in [1.29, 1.82) is 0 Å². The number of carbonyl (C=O) groups excluding carboxylic acids is 4. The number of unbranched alkanes of at least 4 members (excludes halogenated alkanes) is 59. The zero-order valence-electron chi connectivity index (χ0n) is 69.6. The highest BCUT2D eigenvalue weighted by atomic mass is 31.2. The second-order valence-corrected chi connectivity index (χ2v) is 34.7. The Morgan fingerprint density at radius 3 is 0.642 bits per heavy atom. The Balaban J connectivity index is 5.23. The van der Waals surface area contributed by atoms with Crippen LogP contribution in [0.15, 0.2) is 0 Å². The third-order valence-electron chi connectivity index (χ3n) is 20.5. The van der Waals surface area contributed by atoms with E-state index in [2.05, 4.69) is 34.6 Å². The van der Waals surface area contributed by atoms with E-state index in [0.717, 1.165) is 95.8 Å². The predicted molar refractivity (Wildman–Crippen MR) is 437 cm³/mol. The van der Waals surface area contributed by atoms with Crippen molar-refractivity contribution in [3.05, 3.63) is 0 Å². The zero-order valence-corrected chi connectivity index (χ0v) is 71.4. The summed E-state index contributed by atoms with van der Waals surface area (Å²) in [6.07, 6.45) is 73.6. The lowest BCUT2D eigenvalue weighted by Crippen LogP contribution is -2.30. The average molecular weight is 1550 g/mol. The van der Waals surface area contributed by atoms with E-state index in [0.29, 0.717) is 25.7 Å². The van der Waals surface area contributed by atoms with E-state index in [1.807, 2.05) is 0 Å². The summed E-state index contributed by atoms with van der Waals surface area (Å²) < 4.78 is 68.9.